The summed E-state index contributed by atoms with van der Waals surface area (Å²) in [6.45, 7) is 4.26. The van der Waals surface area contributed by atoms with Gasteiger partial charge in [0.05, 0.1) is 6.54 Å². The Hall–Kier alpha value is -1.29. The largest absolute Gasteiger partial charge is 0.465 e. The van der Waals surface area contributed by atoms with Gasteiger partial charge in [-0.05, 0) is 25.0 Å². The minimum Gasteiger partial charge on any atom is -0.465 e. The van der Waals surface area contributed by atoms with Crippen LogP contribution in [0.3, 0.4) is 0 Å². The molecule has 2 N–H and O–H groups in total. The van der Waals surface area contributed by atoms with E-state index >= 15 is 0 Å². The number of aryl methyl sites for hydroxylation is 1. The maximum atomic E-state index is 11.3. The lowest BCUT2D eigenvalue weighted by atomic mass is 10.3. The highest BCUT2D eigenvalue weighted by atomic mass is 16.3. The normalized spacial score (nSPS) is 14.9. The van der Waals surface area contributed by atoms with Crippen molar-refractivity contribution in [1.29, 1.82) is 0 Å². The van der Waals surface area contributed by atoms with Gasteiger partial charge in [-0.3, -0.25) is 4.79 Å². The number of nitrogens with one attached hydrogen (secondary N) is 2. The molecule has 0 spiro atoms. The number of rotatable bonds is 7. The number of hydrogen-bond donors (Lipinski definition) is 2. The maximum Gasteiger partial charge on any atom is 0.223 e. The third-order valence-electron chi connectivity index (χ3n) is 2.91. The smallest absolute Gasteiger partial charge is 0.223 e. The molecule has 0 bridgehead atoms. The van der Waals surface area contributed by atoms with Crippen molar-refractivity contribution in [3.05, 3.63) is 23.7 Å². The molecule has 1 heterocycles. The predicted molar refractivity (Wildman–Crippen MR) is 65.5 cm³/mol. The molecule has 0 aromatic carbocycles. The fourth-order valence-electron chi connectivity index (χ4n) is 1.68. The third kappa shape index (κ3) is 3.89. The molecule has 1 fully saturated rings. The van der Waals surface area contributed by atoms with Crippen molar-refractivity contribution in [1.82, 2.24) is 10.6 Å². The molecule has 1 aliphatic rings. The standard InChI is InChI=1S/C13H20N2O2/c1-2-11-5-6-12(17-11)9-14-7-8-15-13(16)10-3-4-10/h5-6,10,14H,2-4,7-9H2,1H3,(H,15,16). The average Bonchev–Trinajstić information content (AvgIpc) is 3.09. The molecule has 4 heteroatoms. The van der Waals surface area contributed by atoms with E-state index in [1.54, 1.807) is 0 Å². The highest BCUT2D eigenvalue weighted by Crippen LogP contribution is 2.28. The van der Waals surface area contributed by atoms with Crippen LogP contribution in [-0.4, -0.2) is 19.0 Å². The van der Waals surface area contributed by atoms with Crippen molar-refractivity contribution >= 4 is 5.91 Å². The van der Waals surface area contributed by atoms with Crippen molar-refractivity contribution in [2.75, 3.05) is 13.1 Å². The van der Waals surface area contributed by atoms with E-state index < -0.39 is 0 Å². The SMILES string of the molecule is CCc1ccc(CNCCNC(=O)C2CC2)o1. The van der Waals surface area contributed by atoms with E-state index in [0.29, 0.717) is 12.5 Å². The monoisotopic (exact) mass is 236 g/mol. The lowest BCUT2D eigenvalue weighted by Gasteiger charge is -2.04. The van der Waals surface area contributed by atoms with Gasteiger partial charge in [-0.2, -0.15) is 0 Å². The van der Waals surface area contributed by atoms with E-state index in [4.69, 9.17) is 4.42 Å². The molecule has 1 amide bonds. The van der Waals surface area contributed by atoms with Crippen LogP contribution in [0.2, 0.25) is 0 Å². The van der Waals surface area contributed by atoms with Gasteiger partial charge in [0, 0.05) is 25.4 Å². The molecular formula is C13H20N2O2. The highest BCUT2D eigenvalue weighted by molar-refractivity contribution is 5.80. The van der Waals surface area contributed by atoms with Crippen LogP contribution in [-0.2, 0) is 17.8 Å². The molecule has 0 atom stereocenters. The van der Waals surface area contributed by atoms with Gasteiger partial charge >= 0.3 is 0 Å². The topological polar surface area (TPSA) is 54.3 Å². The van der Waals surface area contributed by atoms with E-state index in [1.807, 2.05) is 12.1 Å². The van der Waals surface area contributed by atoms with Crippen molar-refractivity contribution in [3.63, 3.8) is 0 Å². The van der Waals surface area contributed by atoms with Gasteiger partial charge in [-0.25, -0.2) is 0 Å². The van der Waals surface area contributed by atoms with E-state index in [0.717, 1.165) is 43.9 Å². The average molecular weight is 236 g/mol. The van der Waals surface area contributed by atoms with Gasteiger partial charge in [0.25, 0.3) is 0 Å². The highest BCUT2D eigenvalue weighted by Gasteiger charge is 2.28. The van der Waals surface area contributed by atoms with Gasteiger partial charge in [-0.1, -0.05) is 6.92 Å². The predicted octanol–water partition coefficient (Wildman–Crippen LogP) is 1.46. The molecule has 1 aromatic heterocycles. The Labute approximate surface area is 102 Å². The Morgan fingerprint density at radius 2 is 2.12 bits per heavy atom. The summed E-state index contributed by atoms with van der Waals surface area (Å²) in [6, 6.07) is 4.00. The van der Waals surface area contributed by atoms with Crippen LogP contribution in [0.15, 0.2) is 16.5 Å². The fraction of sp³-hybridized carbons (Fsp3) is 0.615. The minimum absolute atomic E-state index is 0.207. The maximum absolute atomic E-state index is 11.3. The summed E-state index contributed by atoms with van der Waals surface area (Å²) in [5.41, 5.74) is 0. The molecule has 1 aromatic rings. The zero-order valence-electron chi connectivity index (χ0n) is 10.3. The van der Waals surface area contributed by atoms with Gasteiger partial charge in [0.15, 0.2) is 0 Å². The summed E-state index contributed by atoms with van der Waals surface area (Å²) in [4.78, 5) is 11.3. The Morgan fingerprint density at radius 3 is 2.76 bits per heavy atom. The molecular weight excluding hydrogens is 216 g/mol. The van der Waals surface area contributed by atoms with E-state index in [-0.39, 0.29) is 5.91 Å². The zero-order chi connectivity index (χ0) is 12.1. The summed E-state index contributed by atoms with van der Waals surface area (Å²) in [5.74, 6) is 2.48. The van der Waals surface area contributed by atoms with Crippen molar-refractivity contribution in [3.8, 4) is 0 Å². The summed E-state index contributed by atoms with van der Waals surface area (Å²) < 4.78 is 5.56. The zero-order valence-corrected chi connectivity index (χ0v) is 10.3. The summed E-state index contributed by atoms with van der Waals surface area (Å²) >= 11 is 0. The number of furan rings is 1. The van der Waals surface area contributed by atoms with E-state index in [9.17, 15) is 4.79 Å². The first-order valence-corrected chi connectivity index (χ1v) is 6.35. The van der Waals surface area contributed by atoms with Crippen molar-refractivity contribution in [2.24, 2.45) is 5.92 Å². The van der Waals surface area contributed by atoms with Crippen LogP contribution >= 0.6 is 0 Å². The van der Waals surface area contributed by atoms with Gasteiger partial charge in [0.2, 0.25) is 5.91 Å². The Kier molecular flexibility index (Phi) is 4.20. The van der Waals surface area contributed by atoms with Crippen molar-refractivity contribution in [2.45, 2.75) is 32.7 Å². The molecule has 1 aliphatic carbocycles. The molecule has 0 saturated heterocycles. The van der Waals surface area contributed by atoms with Gasteiger partial charge in [-0.15, -0.1) is 0 Å². The first-order valence-electron chi connectivity index (χ1n) is 6.35. The van der Waals surface area contributed by atoms with Crippen LogP contribution in [0.4, 0.5) is 0 Å². The second kappa shape index (κ2) is 5.87. The van der Waals surface area contributed by atoms with Crippen LogP contribution in [0.25, 0.3) is 0 Å². The molecule has 0 unspecified atom stereocenters. The second-order valence-electron chi connectivity index (χ2n) is 4.46. The Balaban J connectivity index is 1.54. The number of carbonyl (C=O) groups excluding carboxylic acids is 1. The lowest BCUT2D eigenvalue weighted by molar-refractivity contribution is -0.122. The number of carbonyl (C=O) groups is 1. The Morgan fingerprint density at radius 1 is 1.35 bits per heavy atom. The minimum atomic E-state index is 0.207. The lowest BCUT2D eigenvalue weighted by Crippen LogP contribution is -2.32. The van der Waals surface area contributed by atoms with Gasteiger partial charge in [0.1, 0.15) is 11.5 Å². The molecule has 4 nitrogen and oxygen atoms in total. The molecule has 94 valence electrons. The quantitative estimate of drug-likeness (QED) is 0.705. The first kappa shape index (κ1) is 12.2. The third-order valence-corrected chi connectivity index (χ3v) is 2.91. The Bertz CT molecular complexity index is 369. The van der Waals surface area contributed by atoms with Crippen LogP contribution < -0.4 is 10.6 Å². The van der Waals surface area contributed by atoms with Crippen LogP contribution in [0.1, 0.15) is 31.3 Å². The molecule has 2 rings (SSSR count). The van der Waals surface area contributed by atoms with Gasteiger partial charge < -0.3 is 15.1 Å². The summed E-state index contributed by atoms with van der Waals surface area (Å²) in [6.07, 6.45) is 3.05. The van der Waals surface area contributed by atoms with Crippen LogP contribution in [0.5, 0.6) is 0 Å². The molecule has 1 saturated carbocycles. The van der Waals surface area contributed by atoms with Crippen LogP contribution in [0, 0.1) is 5.92 Å². The molecule has 0 aliphatic heterocycles. The molecule has 17 heavy (non-hydrogen) atoms. The summed E-state index contributed by atoms with van der Waals surface area (Å²) in [7, 11) is 0. The summed E-state index contributed by atoms with van der Waals surface area (Å²) in [5, 5.41) is 6.16. The van der Waals surface area contributed by atoms with E-state index in [2.05, 4.69) is 17.6 Å². The first-order chi connectivity index (χ1) is 8.29. The van der Waals surface area contributed by atoms with Crippen molar-refractivity contribution < 1.29 is 9.21 Å². The number of hydrogen-bond acceptors (Lipinski definition) is 3. The number of amides is 1. The van der Waals surface area contributed by atoms with E-state index in [1.165, 1.54) is 0 Å². The second-order valence-corrected chi connectivity index (χ2v) is 4.46. The fourth-order valence-corrected chi connectivity index (χ4v) is 1.68. The molecule has 0 radical (unpaired) electrons.